The lowest BCUT2D eigenvalue weighted by atomic mass is 9.96. The number of likely N-dealkylation sites (N-methyl/N-ethyl adjacent to an activating group) is 1. The first-order chi connectivity index (χ1) is 11.3. The smallest absolute Gasteiger partial charge is 0.211 e. The molecule has 25 heavy (non-hydrogen) atoms. The van der Waals surface area contributed by atoms with E-state index in [2.05, 4.69) is 24.8 Å². The summed E-state index contributed by atoms with van der Waals surface area (Å²) in [6, 6.07) is 8.52. The Bertz CT molecular complexity index is 632. The van der Waals surface area contributed by atoms with E-state index in [-0.39, 0.29) is 12.4 Å². The summed E-state index contributed by atoms with van der Waals surface area (Å²) in [5.74, 6) is 0.574. The molecule has 1 aliphatic heterocycles. The van der Waals surface area contributed by atoms with Gasteiger partial charge in [0.15, 0.2) is 0 Å². The molecule has 0 bridgehead atoms. The summed E-state index contributed by atoms with van der Waals surface area (Å²) >= 11 is 6.08. The maximum atomic E-state index is 11.6. The Balaban J connectivity index is 0.00000312. The minimum atomic E-state index is -3.04. The van der Waals surface area contributed by atoms with Crippen molar-refractivity contribution in [2.24, 2.45) is 5.92 Å². The van der Waals surface area contributed by atoms with Crippen LogP contribution in [0.3, 0.4) is 0 Å². The number of hydrogen-bond donors (Lipinski definition) is 0. The molecule has 1 fully saturated rings. The molecule has 1 saturated heterocycles. The first-order valence-corrected chi connectivity index (χ1v) is 11.0. The molecule has 1 aliphatic rings. The summed E-state index contributed by atoms with van der Waals surface area (Å²) in [6.07, 6.45) is 4.19. The Morgan fingerprint density at radius 2 is 1.96 bits per heavy atom. The van der Waals surface area contributed by atoms with Crippen molar-refractivity contribution in [1.82, 2.24) is 9.21 Å². The van der Waals surface area contributed by atoms with Crippen molar-refractivity contribution >= 4 is 34.0 Å². The van der Waals surface area contributed by atoms with Crippen molar-refractivity contribution in [2.45, 2.75) is 39.2 Å². The van der Waals surface area contributed by atoms with Crippen LogP contribution in [-0.2, 0) is 16.4 Å². The van der Waals surface area contributed by atoms with Crippen molar-refractivity contribution in [3.8, 4) is 0 Å². The van der Waals surface area contributed by atoms with Crippen molar-refractivity contribution in [3.63, 3.8) is 0 Å². The third-order valence-electron chi connectivity index (χ3n) is 4.98. The number of halogens is 2. The number of benzene rings is 1. The largest absolute Gasteiger partial charge is 0.300 e. The van der Waals surface area contributed by atoms with Gasteiger partial charge in [0.1, 0.15) is 0 Å². The first kappa shape index (κ1) is 22.7. The van der Waals surface area contributed by atoms with Crippen LogP contribution in [0.2, 0.25) is 5.02 Å². The van der Waals surface area contributed by atoms with Gasteiger partial charge in [-0.25, -0.2) is 12.7 Å². The van der Waals surface area contributed by atoms with E-state index in [0.29, 0.717) is 25.0 Å². The topological polar surface area (TPSA) is 40.6 Å². The maximum Gasteiger partial charge on any atom is 0.211 e. The number of rotatable bonds is 7. The zero-order valence-corrected chi connectivity index (χ0v) is 17.7. The van der Waals surface area contributed by atoms with E-state index in [9.17, 15) is 8.42 Å². The molecule has 0 unspecified atom stereocenters. The van der Waals surface area contributed by atoms with Crippen molar-refractivity contribution in [1.29, 1.82) is 0 Å². The minimum Gasteiger partial charge on any atom is -0.300 e. The molecule has 0 N–H and O–H groups in total. The highest BCUT2D eigenvalue weighted by Crippen LogP contribution is 2.22. The summed E-state index contributed by atoms with van der Waals surface area (Å²) in [7, 11) is -3.04. The van der Waals surface area contributed by atoms with Gasteiger partial charge in [-0.2, -0.15) is 0 Å². The van der Waals surface area contributed by atoms with Crippen LogP contribution in [0.25, 0.3) is 0 Å². The highest BCUT2D eigenvalue weighted by Gasteiger charge is 2.26. The summed E-state index contributed by atoms with van der Waals surface area (Å²) in [6.45, 7) is 7.81. The van der Waals surface area contributed by atoms with Gasteiger partial charge < -0.3 is 4.90 Å². The van der Waals surface area contributed by atoms with Crippen LogP contribution in [0.15, 0.2) is 24.3 Å². The molecule has 144 valence electrons. The SMILES string of the molecule is CCN(CC1CCN(S(C)(=O)=O)CC1)[C@@H](C)Cc1cccc(Cl)c1.Cl. The molecule has 4 nitrogen and oxygen atoms in total. The third kappa shape index (κ3) is 7.06. The van der Waals surface area contributed by atoms with E-state index in [1.54, 1.807) is 4.31 Å². The highest BCUT2D eigenvalue weighted by atomic mass is 35.5. The first-order valence-electron chi connectivity index (χ1n) is 8.73. The Hall–Kier alpha value is -0.330. The fraction of sp³-hybridized carbons (Fsp3) is 0.667. The van der Waals surface area contributed by atoms with Crippen LogP contribution in [0.5, 0.6) is 0 Å². The molecule has 0 aliphatic carbocycles. The van der Waals surface area contributed by atoms with Crippen molar-refractivity contribution in [3.05, 3.63) is 34.9 Å². The molecule has 1 aromatic carbocycles. The predicted octanol–water partition coefficient (Wildman–Crippen LogP) is 3.69. The Kier molecular flexibility index (Phi) is 9.19. The van der Waals surface area contributed by atoms with Crippen LogP contribution < -0.4 is 0 Å². The summed E-state index contributed by atoms with van der Waals surface area (Å²) in [5, 5.41) is 0.788. The molecule has 1 heterocycles. The number of piperidine rings is 1. The van der Waals surface area contributed by atoms with Gasteiger partial charge in [-0.05, 0) is 56.3 Å². The number of hydrogen-bond acceptors (Lipinski definition) is 3. The maximum absolute atomic E-state index is 11.6. The van der Waals surface area contributed by atoms with E-state index in [4.69, 9.17) is 11.6 Å². The minimum absolute atomic E-state index is 0. The monoisotopic (exact) mass is 408 g/mol. The van der Waals surface area contributed by atoms with E-state index in [0.717, 1.165) is 37.4 Å². The fourth-order valence-corrected chi connectivity index (χ4v) is 4.60. The van der Waals surface area contributed by atoms with E-state index >= 15 is 0 Å². The standard InChI is InChI=1S/C18H29ClN2O2S.ClH/c1-4-20(15(2)12-17-6-5-7-18(19)13-17)14-16-8-10-21(11-9-16)24(3,22)23;/h5-7,13,15-16H,4,8-12,14H2,1-3H3;1H/t15-;/m0./s1. The number of sulfonamides is 1. The Morgan fingerprint density at radius 1 is 1.32 bits per heavy atom. The third-order valence-corrected chi connectivity index (χ3v) is 6.52. The summed E-state index contributed by atoms with van der Waals surface area (Å²) in [5.41, 5.74) is 1.26. The second kappa shape index (κ2) is 10.1. The summed E-state index contributed by atoms with van der Waals surface area (Å²) in [4.78, 5) is 2.50. The summed E-state index contributed by atoms with van der Waals surface area (Å²) < 4.78 is 24.8. The Morgan fingerprint density at radius 3 is 2.48 bits per heavy atom. The molecule has 1 atom stereocenters. The second-order valence-corrected chi connectivity index (χ2v) is 9.29. The molecular weight excluding hydrogens is 379 g/mol. The molecule has 1 aromatic rings. The van der Waals surface area contributed by atoms with Gasteiger partial charge in [0.2, 0.25) is 10.0 Å². The van der Waals surface area contributed by atoms with E-state index < -0.39 is 10.0 Å². The molecular formula is C18H30Cl2N2O2S. The zero-order chi connectivity index (χ0) is 17.7. The normalized spacial score (nSPS) is 18.1. The van der Waals surface area contributed by atoms with E-state index in [1.165, 1.54) is 11.8 Å². The molecule has 2 rings (SSSR count). The van der Waals surface area contributed by atoms with Gasteiger partial charge in [0.25, 0.3) is 0 Å². The Labute approximate surface area is 164 Å². The van der Waals surface area contributed by atoms with Gasteiger partial charge in [-0.3, -0.25) is 0 Å². The fourth-order valence-electron chi connectivity index (χ4n) is 3.51. The van der Waals surface area contributed by atoms with Crippen LogP contribution >= 0.6 is 24.0 Å². The van der Waals surface area contributed by atoms with Crippen LogP contribution in [0.4, 0.5) is 0 Å². The van der Waals surface area contributed by atoms with Crippen LogP contribution in [0.1, 0.15) is 32.3 Å². The van der Waals surface area contributed by atoms with Crippen LogP contribution in [0, 0.1) is 5.92 Å². The molecule has 0 aromatic heterocycles. The second-order valence-electron chi connectivity index (χ2n) is 6.88. The lowest BCUT2D eigenvalue weighted by Gasteiger charge is -2.36. The van der Waals surface area contributed by atoms with E-state index in [1.807, 2.05) is 18.2 Å². The van der Waals surface area contributed by atoms with Gasteiger partial charge >= 0.3 is 0 Å². The van der Waals surface area contributed by atoms with Crippen molar-refractivity contribution < 1.29 is 8.42 Å². The van der Waals surface area contributed by atoms with Crippen molar-refractivity contribution in [2.75, 3.05) is 32.4 Å². The molecule has 7 heteroatoms. The number of nitrogens with zero attached hydrogens (tertiary/aromatic N) is 2. The molecule has 0 radical (unpaired) electrons. The lowest BCUT2D eigenvalue weighted by Crippen LogP contribution is -2.43. The highest BCUT2D eigenvalue weighted by molar-refractivity contribution is 7.88. The lowest BCUT2D eigenvalue weighted by molar-refractivity contribution is 0.152. The van der Waals surface area contributed by atoms with Gasteiger partial charge in [0, 0.05) is 30.7 Å². The van der Waals surface area contributed by atoms with Gasteiger partial charge in [0.05, 0.1) is 6.26 Å². The molecule has 0 saturated carbocycles. The molecule has 0 amide bonds. The van der Waals surface area contributed by atoms with Gasteiger partial charge in [-0.15, -0.1) is 12.4 Å². The predicted molar refractivity (Wildman–Crippen MR) is 108 cm³/mol. The quantitative estimate of drug-likeness (QED) is 0.690. The zero-order valence-electron chi connectivity index (χ0n) is 15.3. The molecule has 0 spiro atoms. The van der Waals surface area contributed by atoms with Gasteiger partial charge in [-0.1, -0.05) is 30.7 Å². The average molecular weight is 409 g/mol. The van der Waals surface area contributed by atoms with Crippen LogP contribution in [-0.4, -0.2) is 56.1 Å². The average Bonchev–Trinajstić information content (AvgIpc) is 2.52.